The van der Waals surface area contributed by atoms with Crippen molar-refractivity contribution in [3.05, 3.63) is 47.7 Å². The molecule has 0 aliphatic heterocycles. The van der Waals surface area contributed by atoms with Crippen molar-refractivity contribution in [2.45, 2.75) is 13.5 Å². The van der Waals surface area contributed by atoms with E-state index in [1.807, 2.05) is 0 Å². The van der Waals surface area contributed by atoms with Crippen LogP contribution < -0.4 is 5.32 Å². The van der Waals surface area contributed by atoms with Gasteiger partial charge in [-0.05, 0) is 24.6 Å². The number of rotatable bonds is 3. The monoisotopic (exact) mass is 183 g/mol. The van der Waals surface area contributed by atoms with Gasteiger partial charge in [0.2, 0.25) is 0 Å². The highest BCUT2D eigenvalue weighted by Crippen LogP contribution is 2.07. The van der Waals surface area contributed by atoms with Crippen LogP contribution >= 0.6 is 0 Å². The minimum absolute atomic E-state index is 0.393. The van der Waals surface area contributed by atoms with Gasteiger partial charge < -0.3 is 5.32 Å². The minimum atomic E-state index is -0.557. The Morgan fingerprint density at radius 2 is 1.85 bits per heavy atom. The summed E-state index contributed by atoms with van der Waals surface area (Å²) in [5.74, 6) is -1.11. The van der Waals surface area contributed by atoms with Gasteiger partial charge in [0.05, 0.1) is 0 Å². The van der Waals surface area contributed by atoms with E-state index in [0.29, 0.717) is 12.1 Å². The Hall–Kier alpha value is -1.38. The summed E-state index contributed by atoms with van der Waals surface area (Å²) in [5, 5.41) is 2.89. The van der Waals surface area contributed by atoms with E-state index in [1.54, 1.807) is 6.92 Å². The number of benzene rings is 1. The van der Waals surface area contributed by atoms with Gasteiger partial charge >= 0.3 is 0 Å². The Labute approximate surface area is 76.1 Å². The van der Waals surface area contributed by atoms with Crippen LogP contribution in [-0.2, 0) is 6.54 Å². The van der Waals surface area contributed by atoms with Gasteiger partial charge in [-0.3, -0.25) is 0 Å². The number of hydrogen-bond donors (Lipinski definition) is 1. The number of halogens is 2. The highest BCUT2D eigenvalue weighted by atomic mass is 19.1. The van der Waals surface area contributed by atoms with Crippen molar-refractivity contribution < 1.29 is 8.78 Å². The van der Waals surface area contributed by atoms with Crippen molar-refractivity contribution in [3.63, 3.8) is 0 Å². The highest BCUT2D eigenvalue weighted by molar-refractivity contribution is 5.18. The lowest BCUT2D eigenvalue weighted by molar-refractivity contribution is 0.578. The summed E-state index contributed by atoms with van der Waals surface area (Å²) >= 11 is 0. The molecule has 1 rings (SSSR count). The second-order valence-corrected chi connectivity index (χ2v) is 2.91. The van der Waals surface area contributed by atoms with Crippen LogP contribution in [0.4, 0.5) is 8.78 Å². The molecule has 0 spiro atoms. The Kier molecular flexibility index (Phi) is 3.01. The third kappa shape index (κ3) is 3.23. The van der Waals surface area contributed by atoms with Gasteiger partial charge in [0.25, 0.3) is 0 Å². The van der Waals surface area contributed by atoms with E-state index in [-0.39, 0.29) is 0 Å². The van der Waals surface area contributed by atoms with Gasteiger partial charge in [0.15, 0.2) is 0 Å². The van der Waals surface area contributed by atoms with Crippen molar-refractivity contribution in [1.82, 2.24) is 5.32 Å². The molecular weight excluding hydrogens is 172 g/mol. The molecule has 0 saturated heterocycles. The molecular formula is C10H11F2N. The predicted octanol–water partition coefficient (Wildman–Crippen LogP) is 2.59. The van der Waals surface area contributed by atoms with Crippen LogP contribution in [0.3, 0.4) is 0 Å². The lowest BCUT2D eigenvalue weighted by Crippen LogP contribution is -2.09. The number of nitrogens with one attached hydrogen (secondary N) is 1. The van der Waals surface area contributed by atoms with E-state index < -0.39 is 11.6 Å². The zero-order valence-electron chi connectivity index (χ0n) is 7.40. The highest BCUT2D eigenvalue weighted by Gasteiger charge is 1.99. The van der Waals surface area contributed by atoms with Crippen molar-refractivity contribution in [2.24, 2.45) is 0 Å². The van der Waals surface area contributed by atoms with Gasteiger partial charge in [-0.15, -0.1) is 0 Å². The molecule has 1 N–H and O–H groups in total. The van der Waals surface area contributed by atoms with E-state index in [2.05, 4.69) is 11.9 Å². The van der Waals surface area contributed by atoms with Gasteiger partial charge in [0, 0.05) is 18.3 Å². The topological polar surface area (TPSA) is 12.0 Å². The fourth-order valence-corrected chi connectivity index (χ4v) is 0.966. The molecule has 1 aromatic carbocycles. The Morgan fingerprint density at radius 3 is 2.31 bits per heavy atom. The van der Waals surface area contributed by atoms with E-state index in [0.717, 1.165) is 11.8 Å². The molecule has 3 heteroatoms. The van der Waals surface area contributed by atoms with Crippen LogP contribution in [0.2, 0.25) is 0 Å². The van der Waals surface area contributed by atoms with E-state index in [4.69, 9.17) is 0 Å². The van der Waals surface area contributed by atoms with Gasteiger partial charge in [-0.25, -0.2) is 8.78 Å². The Bertz CT molecular complexity index is 300. The van der Waals surface area contributed by atoms with E-state index in [1.165, 1.54) is 12.1 Å². The molecule has 0 aliphatic rings. The maximum Gasteiger partial charge on any atom is 0.126 e. The largest absolute Gasteiger partial charge is 0.385 e. The molecule has 0 heterocycles. The standard InChI is InChI=1S/C10H11F2N/c1-7(2)13-6-8-3-9(11)5-10(12)4-8/h3-5,13H,1,6H2,2H3. The smallest absolute Gasteiger partial charge is 0.126 e. The zero-order chi connectivity index (χ0) is 9.84. The molecule has 0 aromatic heterocycles. The second kappa shape index (κ2) is 4.03. The molecule has 0 aliphatic carbocycles. The van der Waals surface area contributed by atoms with Crippen LogP contribution in [0.15, 0.2) is 30.5 Å². The summed E-state index contributed by atoms with van der Waals surface area (Å²) in [6.45, 7) is 5.80. The first-order valence-corrected chi connectivity index (χ1v) is 3.92. The Morgan fingerprint density at radius 1 is 1.31 bits per heavy atom. The van der Waals surface area contributed by atoms with Crippen LogP contribution in [0.1, 0.15) is 12.5 Å². The first kappa shape index (κ1) is 9.71. The van der Waals surface area contributed by atoms with Crippen LogP contribution in [0.5, 0.6) is 0 Å². The van der Waals surface area contributed by atoms with Gasteiger partial charge in [0.1, 0.15) is 11.6 Å². The van der Waals surface area contributed by atoms with Crippen LogP contribution in [-0.4, -0.2) is 0 Å². The summed E-state index contributed by atoms with van der Waals surface area (Å²) in [6.07, 6.45) is 0. The zero-order valence-corrected chi connectivity index (χ0v) is 7.40. The first-order chi connectivity index (χ1) is 6.08. The lowest BCUT2D eigenvalue weighted by atomic mass is 10.2. The van der Waals surface area contributed by atoms with E-state index in [9.17, 15) is 8.78 Å². The van der Waals surface area contributed by atoms with Gasteiger partial charge in [-0.1, -0.05) is 6.58 Å². The molecule has 1 aromatic rings. The number of hydrogen-bond acceptors (Lipinski definition) is 1. The quantitative estimate of drug-likeness (QED) is 0.759. The van der Waals surface area contributed by atoms with Crippen LogP contribution in [0.25, 0.3) is 0 Å². The molecule has 0 fully saturated rings. The predicted molar refractivity (Wildman–Crippen MR) is 48.0 cm³/mol. The van der Waals surface area contributed by atoms with Gasteiger partial charge in [-0.2, -0.15) is 0 Å². The summed E-state index contributed by atoms with van der Waals surface area (Å²) in [5.41, 5.74) is 1.34. The van der Waals surface area contributed by atoms with Crippen molar-refractivity contribution >= 4 is 0 Å². The fraction of sp³-hybridized carbons (Fsp3) is 0.200. The Balaban J connectivity index is 2.71. The molecule has 1 nitrogen and oxygen atoms in total. The summed E-state index contributed by atoms with van der Waals surface area (Å²) < 4.78 is 25.3. The third-order valence-electron chi connectivity index (χ3n) is 1.52. The molecule has 0 atom stereocenters. The summed E-state index contributed by atoms with van der Waals surface area (Å²) in [4.78, 5) is 0. The molecule has 70 valence electrons. The van der Waals surface area contributed by atoms with Crippen molar-refractivity contribution in [2.75, 3.05) is 0 Å². The third-order valence-corrected chi connectivity index (χ3v) is 1.52. The molecule has 0 unspecified atom stereocenters. The average Bonchev–Trinajstić information content (AvgIpc) is 1.99. The van der Waals surface area contributed by atoms with E-state index >= 15 is 0 Å². The molecule has 13 heavy (non-hydrogen) atoms. The number of allylic oxidation sites excluding steroid dienone is 1. The normalized spacial score (nSPS) is 9.77. The lowest BCUT2D eigenvalue weighted by Gasteiger charge is -2.05. The summed E-state index contributed by atoms with van der Waals surface area (Å²) in [6, 6.07) is 3.43. The fourth-order valence-electron chi connectivity index (χ4n) is 0.966. The summed E-state index contributed by atoms with van der Waals surface area (Å²) in [7, 11) is 0. The maximum absolute atomic E-state index is 12.7. The maximum atomic E-state index is 12.7. The first-order valence-electron chi connectivity index (χ1n) is 3.92. The van der Waals surface area contributed by atoms with Crippen molar-refractivity contribution in [3.8, 4) is 0 Å². The SMILES string of the molecule is C=C(C)NCc1cc(F)cc(F)c1. The molecule has 0 radical (unpaired) electrons. The molecule has 0 amide bonds. The van der Waals surface area contributed by atoms with Crippen molar-refractivity contribution in [1.29, 1.82) is 0 Å². The molecule has 0 saturated carbocycles. The average molecular weight is 183 g/mol. The minimum Gasteiger partial charge on any atom is -0.385 e. The second-order valence-electron chi connectivity index (χ2n) is 2.91. The van der Waals surface area contributed by atoms with Crippen LogP contribution in [0, 0.1) is 11.6 Å². The molecule has 0 bridgehead atoms.